The zero-order valence-electron chi connectivity index (χ0n) is 7.68. The molecule has 1 aromatic carbocycles. The molecule has 2 nitrogen and oxygen atoms in total. The second-order valence-corrected chi connectivity index (χ2v) is 3.93. The van der Waals surface area contributed by atoms with E-state index in [4.69, 9.17) is 11.5 Å². The number of halogens is 4. The van der Waals surface area contributed by atoms with Gasteiger partial charge in [0.05, 0.1) is 5.56 Å². The molecule has 0 saturated heterocycles. The Balaban J connectivity index is 3.17. The molecular formula is C9H10BrF3N2. The van der Waals surface area contributed by atoms with Crippen molar-refractivity contribution in [3.63, 3.8) is 0 Å². The molecule has 0 saturated carbocycles. The molecule has 0 bridgehead atoms. The number of rotatable bonds is 2. The monoisotopic (exact) mass is 282 g/mol. The Hall–Kier alpha value is -0.590. The molecule has 0 heterocycles. The van der Waals surface area contributed by atoms with Crippen LogP contribution in [0, 0.1) is 0 Å². The summed E-state index contributed by atoms with van der Waals surface area (Å²) in [6.45, 7) is 0.0971. The first-order valence-corrected chi connectivity index (χ1v) is 4.98. The zero-order chi connectivity index (χ0) is 11.6. The fourth-order valence-corrected chi connectivity index (χ4v) is 1.67. The second kappa shape index (κ2) is 4.51. The van der Waals surface area contributed by atoms with Crippen LogP contribution in [0.4, 0.5) is 13.2 Å². The second-order valence-electron chi connectivity index (χ2n) is 3.08. The lowest BCUT2D eigenvalue weighted by molar-refractivity contribution is -0.137. The predicted molar refractivity (Wildman–Crippen MR) is 55.1 cm³/mol. The van der Waals surface area contributed by atoms with Crippen molar-refractivity contribution in [2.75, 3.05) is 6.54 Å². The molecule has 0 aliphatic carbocycles. The third-order valence-electron chi connectivity index (χ3n) is 1.98. The topological polar surface area (TPSA) is 52.0 Å². The summed E-state index contributed by atoms with van der Waals surface area (Å²) in [6.07, 6.45) is -4.36. The fraction of sp³-hybridized carbons (Fsp3) is 0.333. The highest BCUT2D eigenvalue weighted by molar-refractivity contribution is 9.10. The number of alkyl halides is 3. The van der Waals surface area contributed by atoms with Crippen LogP contribution in [0.1, 0.15) is 17.2 Å². The van der Waals surface area contributed by atoms with Gasteiger partial charge in [-0.25, -0.2) is 0 Å². The van der Waals surface area contributed by atoms with E-state index in [0.29, 0.717) is 10.0 Å². The van der Waals surface area contributed by atoms with E-state index < -0.39 is 17.8 Å². The number of nitrogens with two attached hydrogens (primary N) is 2. The molecule has 84 valence electrons. The van der Waals surface area contributed by atoms with E-state index in [1.165, 1.54) is 6.07 Å². The average Bonchev–Trinajstić information content (AvgIpc) is 2.15. The fourth-order valence-electron chi connectivity index (χ4n) is 1.13. The number of benzene rings is 1. The summed E-state index contributed by atoms with van der Waals surface area (Å²) in [6, 6.07) is 2.74. The standard InChI is InChI=1S/C9H10BrF3N2/c10-7-2-1-5(9(11,12)13)3-6(7)8(15)4-14/h1-3,8H,4,14-15H2/t8-/m0/s1. The van der Waals surface area contributed by atoms with Crippen molar-refractivity contribution < 1.29 is 13.2 Å². The number of hydrogen-bond donors (Lipinski definition) is 2. The molecule has 6 heteroatoms. The maximum absolute atomic E-state index is 12.4. The Bertz CT molecular complexity index is 352. The van der Waals surface area contributed by atoms with Crippen molar-refractivity contribution in [1.82, 2.24) is 0 Å². The number of hydrogen-bond acceptors (Lipinski definition) is 2. The van der Waals surface area contributed by atoms with E-state index >= 15 is 0 Å². The van der Waals surface area contributed by atoms with Crippen LogP contribution >= 0.6 is 15.9 Å². The summed E-state index contributed by atoms with van der Waals surface area (Å²) in [5.41, 5.74) is 10.5. The van der Waals surface area contributed by atoms with Crippen LogP contribution in [-0.4, -0.2) is 6.54 Å². The van der Waals surface area contributed by atoms with Gasteiger partial charge in [0.2, 0.25) is 0 Å². The summed E-state index contributed by atoms with van der Waals surface area (Å²) >= 11 is 3.14. The molecule has 0 amide bonds. The first-order chi connectivity index (χ1) is 6.86. The highest BCUT2D eigenvalue weighted by Crippen LogP contribution is 2.33. The quantitative estimate of drug-likeness (QED) is 0.875. The molecular weight excluding hydrogens is 273 g/mol. The summed E-state index contributed by atoms with van der Waals surface area (Å²) in [5, 5.41) is 0. The van der Waals surface area contributed by atoms with Gasteiger partial charge in [-0.05, 0) is 23.8 Å². The average molecular weight is 283 g/mol. The lowest BCUT2D eigenvalue weighted by Gasteiger charge is -2.14. The first kappa shape index (κ1) is 12.5. The van der Waals surface area contributed by atoms with Crippen LogP contribution in [0.2, 0.25) is 0 Å². The van der Waals surface area contributed by atoms with Crippen molar-refractivity contribution >= 4 is 15.9 Å². The Kier molecular flexibility index (Phi) is 3.75. The van der Waals surface area contributed by atoms with Gasteiger partial charge in [-0.1, -0.05) is 15.9 Å². The first-order valence-electron chi connectivity index (χ1n) is 4.18. The van der Waals surface area contributed by atoms with E-state index in [1.807, 2.05) is 0 Å². The normalized spacial score (nSPS) is 14.0. The smallest absolute Gasteiger partial charge is 0.329 e. The molecule has 0 aliphatic heterocycles. The molecule has 0 spiro atoms. The summed E-state index contributed by atoms with van der Waals surface area (Å²) < 4.78 is 37.7. The minimum atomic E-state index is -4.36. The molecule has 1 aromatic rings. The van der Waals surface area contributed by atoms with Gasteiger partial charge in [0, 0.05) is 17.1 Å². The third kappa shape index (κ3) is 2.93. The van der Waals surface area contributed by atoms with Gasteiger partial charge >= 0.3 is 6.18 Å². The van der Waals surface area contributed by atoms with Crippen LogP contribution < -0.4 is 11.5 Å². The van der Waals surface area contributed by atoms with Crippen LogP contribution in [-0.2, 0) is 6.18 Å². The maximum atomic E-state index is 12.4. The lowest BCUT2D eigenvalue weighted by Crippen LogP contribution is -2.21. The van der Waals surface area contributed by atoms with E-state index in [0.717, 1.165) is 12.1 Å². The minimum Gasteiger partial charge on any atom is -0.329 e. The molecule has 4 N–H and O–H groups in total. The van der Waals surface area contributed by atoms with Crippen molar-refractivity contribution in [2.24, 2.45) is 11.5 Å². The van der Waals surface area contributed by atoms with Gasteiger partial charge < -0.3 is 11.5 Å². The summed E-state index contributed by atoms with van der Waals surface area (Å²) in [4.78, 5) is 0. The van der Waals surface area contributed by atoms with E-state index in [1.54, 1.807) is 0 Å². The van der Waals surface area contributed by atoms with Crippen molar-refractivity contribution in [2.45, 2.75) is 12.2 Å². The molecule has 0 aromatic heterocycles. The van der Waals surface area contributed by atoms with Crippen LogP contribution in [0.5, 0.6) is 0 Å². The Morgan fingerprint density at radius 2 is 1.93 bits per heavy atom. The molecule has 1 atom stereocenters. The van der Waals surface area contributed by atoms with Crippen molar-refractivity contribution in [3.05, 3.63) is 33.8 Å². The van der Waals surface area contributed by atoms with Gasteiger partial charge in [-0.2, -0.15) is 13.2 Å². The third-order valence-corrected chi connectivity index (χ3v) is 2.70. The molecule has 15 heavy (non-hydrogen) atoms. The maximum Gasteiger partial charge on any atom is 0.416 e. The Morgan fingerprint density at radius 1 is 1.33 bits per heavy atom. The van der Waals surface area contributed by atoms with Gasteiger partial charge in [-0.3, -0.25) is 0 Å². The summed E-state index contributed by atoms with van der Waals surface area (Å²) in [7, 11) is 0. The largest absolute Gasteiger partial charge is 0.416 e. The molecule has 0 aliphatic rings. The zero-order valence-corrected chi connectivity index (χ0v) is 9.27. The highest BCUT2D eigenvalue weighted by atomic mass is 79.9. The van der Waals surface area contributed by atoms with Gasteiger partial charge in [0.25, 0.3) is 0 Å². The van der Waals surface area contributed by atoms with Crippen molar-refractivity contribution in [3.8, 4) is 0 Å². The van der Waals surface area contributed by atoms with E-state index in [9.17, 15) is 13.2 Å². The van der Waals surface area contributed by atoms with Crippen LogP contribution in [0.15, 0.2) is 22.7 Å². The lowest BCUT2D eigenvalue weighted by atomic mass is 10.0. The molecule has 0 unspecified atom stereocenters. The van der Waals surface area contributed by atoms with Crippen molar-refractivity contribution in [1.29, 1.82) is 0 Å². The van der Waals surface area contributed by atoms with Crippen LogP contribution in [0.25, 0.3) is 0 Å². The SMILES string of the molecule is NC[C@H](N)c1cc(C(F)(F)F)ccc1Br. The van der Waals surface area contributed by atoms with Gasteiger partial charge in [-0.15, -0.1) is 0 Å². The highest BCUT2D eigenvalue weighted by Gasteiger charge is 2.31. The molecule has 0 fully saturated rings. The van der Waals surface area contributed by atoms with Crippen LogP contribution in [0.3, 0.4) is 0 Å². The Morgan fingerprint density at radius 3 is 2.40 bits per heavy atom. The summed E-state index contributed by atoms with van der Waals surface area (Å²) in [5.74, 6) is 0. The van der Waals surface area contributed by atoms with E-state index in [-0.39, 0.29) is 6.54 Å². The van der Waals surface area contributed by atoms with E-state index in [2.05, 4.69) is 15.9 Å². The predicted octanol–water partition coefficient (Wildman–Crippen LogP) is 2.43. The van der Waals surface area contributed by atoms with Gasteiger partial charge in [0.15, 0.2) is 0 Å². The molecule has 1 rings (SSSR count). The Labute approximate surface area is 93.6 Å². The molecule has 0 radical (unpaired) electrons. The van der Waals surface area contributed by atoms with Gasteiger partial charge in [0.1, 0.15) is 0 Å². The minimum absolute atomic E-state index is 0.0971.